The lowest BCUT2D eigenvalue weighted by molar-refractivity contribution is -0.0756. The molecule has 0 saturated carbocycles. The van der Waals surface area contributed by atoms with E-state index in [1.54, 1.807) is 0 Å². The van der Waals surface area contributed by atoms with E-state index in [0.29, 0.717) is 6.54 Å². The topological polar surface area (TPSA) is 37.0 Å². The molecule has 2 rings (SSSR count). The molecule has 0 atom stereocenters. The Morgan fingerprint density at radius 2 is 2.06 bits per heavy atom. The van der Waals surface area contributed by atoms with Crippen LogP contribution in [0.3, 0.4) is 0 Å². The summed E-state index contributed by atoms with van der Waals surface area (Å²) in [5, 5.41) is 1.24. The molecule has 0 saturated heterocycles. The number of fused-ring (bicyclic) bond motifs is 1. The second-order valence-electron chi connectivity index (χ2n) is 4.89. The number of aromatic amines is 1. The predicted molar refractivity (Wildman–Crippen MR) is 66.0 cm³/mol. The minimum Gasteiger partial charge on any atom is -0.361 e. The zero-order valence-electron chi connectivity index (χ0n) is 10.0. The van der Waals surface area contributed by atoms with Crippen molar-refractivity contribution < 1.29 is 4.84 Å². The Kier molecular flexibility index (Phi) is 2.99. The first-order valence-corrected chi connectivity index (χ1v) is 5.52. The lowest BCUT2D eigenvalue weighted by atomic mass is 10.1. The average molecular weight is 218 g/mol. The number of H-pyrrole nitrogens is 1. The third-order valence-electron chi connectivity index (χ3n) is 2.33. The monoisotopic (exact) mass is 218 g/mol. The van der Waals surface area contributed by atoms with Gasteiger partial charge in [0.1, 0.15) is 0 Å². The van der Waals surface area contributed by atoms with E-state index in [9.17, 15) is 0 Å². The van der Waals surface area contributed by atoms with Crippen LogP contribution < -0.4 is 5.48 Å². The fourth-order valence-corrected chi connectivity index (χ4v) is 1.63. The van der Waals surface area contributed by atoms with Gasteiger partial charge in [0, 0.05) is 23.6 Å². The van der Waals surface area contributed by atoms with Crippen LogP contribution >= 0.6 is 0 Å². The number of hydrogen-bond donors (Lipinski definition) is 2. The fourth-order valence-electron chi connectivity index (χ4n) is 1.63. The fraction of sp³-hybridized carbons (Fsp3) is 0.385. The van der Waals surface area contributed by atoms with Gasteiger partial charge >= 0.3 is 0 Å². The van der Waals surface area contributed by atoms with Crippen LogP contribution in [0.25, 0.3) is 10.9 Å². The molecule has 16 heavy (non-hydrogen) atoms. The van der Waals surface area contributed by atoms with E-state index in [2.05, 4.69) is 28.7 Å². The van der Waals surface area contributed by atoms with E-state index in [0.717, 1.165) is 5.52 Å². The van der Waals surface area contributed by atoms with Crippen molar-refractivity contribution in [1.82, 2.24) is 10.5 Å². The molecule has 0 unspecified atom stereocenters. The number of nitrogens with one attached hydrogen (secondary N) is 2. The summed E-state index contributed by atoms with van der Waals surface area (Å²) in [6.45, 7) is 6.79. The SMILES string of the molecule is CC(C)(C)ONCc1cccc2[nH]ccc12. The Balaban J connectivity index is 2.07. The molecule has 1 heterocycles. The van der Waals surface area contributed by atoms with Crippen LogP contribution in [0.1, 0.15) is 26.3 Å². The van der Waals surface area contributed by atoms with Crippen molar-refractivity contribution in [2.45, 2.75) is 32.9 Å². The van der Waals surface area contributed by atoms with Crippen LogP contribution in [-0.4, -0.2) is 10.6 Å². The van der Waals surface area contributed by atoms with Crippen LogP contribution in [0, 0.1) is 0 Å². The van der Waals surface area contributed by atoms with E-state index < -0.39 is 0 Å². The third kappa shape index (κ3) is 2.62. The zero-order chi connectivity index (χ0) is 11.6. The summed E-state index contributed by atoms with van der Waals surface area (Å²) in [6.07, 6.45) is 1.96. The zero-order valence-corrected chi connectivity index (χ0v) is 10.0. The Morgan fingerprint density at radius 1 is 1.25 bits per heavy atom. The van der Waals surface area contributed by atoms with E-state index in [4.69, 9.17) is 4.84 Å². The summed E-state index contributed by atoms with van der Waals surface area (Å²) in [5.41, 5.74) is 5.25. The van der Waals surface area contributed by atoms with Gasteiger partial charge in [0.05, 0.1) is 5.60 Å². The quantitative estimate of drug-likeness (QED) is 0.777. The van der Waals surface area contributed by atoms with Crippen molar-refractivity contribution in [3.8, 4) is 0 Å². The van der Waals surface area contributed by atoms with Crippen LogP contribution in [-0.2, 0) is 11.4 Å². The number of hydrogen-bond acceptors (Lipinski definition) is 2. The van der Waals surface area contributed by atoms with Gasteiger partial charge in [0.2, 0.25) is 0 Å². The normalized spacial score (nSPS) is 12.2. The molecule has 0 bridgehead atoms. The standard InChI is InChI=1S/C13H18N2O/c1-13(2,3)16-15-9-10-5-4-6-12-11(10)7-8-14-12/h4-8,14-15H,9H2,1-3H3. The van der Waals surface area contributed by atoms with Gasteiger partial charge in [-0.2, -0.15) is 5.48 Å². The van der Waals surface area contributed by atoms with E-state index >= 15 is 0 Å². The van der Waals surface area contributed by atoms with Gasteiger partial charge in [-0.15, -0.1) is 0 Å². The van der Waals surface area contributed by atoms with Crippen LogP contribution in [0.5, 0.6) is 0 Å². The maximum absolute atomic E-state index is 5.50. The smallest absolute Gasteiger partial charge is 0.0813 e. The lowest BCUT2D eigenvalue weighted by Crippen LogP contribution is -2.28. The van der Waals surface area contributed by atoms with Gasteiger partial charge in [-0.3, -0.25) is 4.84 Å². The van der Waals surface area contributed by atoms with Crippen molar-refractivity contribution in [2.75, 3.05) is 0 Å². The molecular formula is C13H18N2O. The van der Waals surface area contributed by atoms with Gasteiger partial charge < -0.3 is 4.98 Å². The highest BCUT2D eigenvalue weighted by molar-refractivity contribution is 5.82. The third-order valence-corrected chi connectivity index (χ3v) is 2.33. The van der Waals surface area contributed by atoms with Gasteiger partial charge in [-0.1, -0.05) is 12.1 Å². The summed E-state index contributed by atoms with van der Waals surface area (Å²) in [4.78, 5) is 8.70. The highest BCUT2D eigenvalue weighted by Crippen LogP contribution is 2.17. The van der Waals surface area contributed by atoms with Gasteiger partial charge in [0.25, 0.3) is 0 Å². The molecule has 2 N–H and O–H groups in total. The number of rotatable bonds is 3. The van der Waals surface area contributed by atoms with Crippen LogP contribution in [0.4, 0.5) is 0 Å². The van der Waals surface area contributed by atoms with Crippen LogP contribution in [0.2, 0.25) is 0 Å². The summed E-state index contributed by atoms with van der Waals surface area (Å²) in [5.74, 6) is 0. The molecule has 3 nitrogen and oxygen atoms in total. The van der Waals surface area contributed by atoms with Crippen molar-refractivity contribution in [3.63, 3.8) is 0 Å². The maximum atomic E-state index is 5.50. The molecule has 0 radical (unpaired) electrons. The highest BCUT2D eigenvalue weighted by Gasteiger charge is 2.10. The molecule has 0 spiro atoms. The van der Waals surface area contributed by atoms with E-state index in [-0.39, 0.29) is 5.60 Å². The molecule has 86 valence electrons. The maximum Gasteiger partial charge on any atom is 0.0813 e. The Morgan fingerprint density at radius 3 is 2.81 bits per heavy atom. The second kappa shape index (κ2) is 4.28. The van der Waals surface area contributed by atoms with E-state index in [1.165, 1.54) is 10.9 Å². The molecule has 0 aliphatic rings. The molecule has 0 fully saturated rings. The first-order chi connectivity index (χ1) is 7.56. The van der Waals surface area contributed by atoms with Gasteiger partial charge in [0.15, 0.2) is 0 Å². The minimum absolute atomic E-state index is 0.161. The molecular weight excluding hydrogens is 200 g/mol. The van der Waals surface area contributed by atoms with E-state index in [1.807, 2.05) is 33.0 Å². The van der Waals surface area contributed by atoms with Crippen molar-refractivity contribution in [2.24, 2.45) is 0 Å². The number of aromatic nitrogens is 1. The summed E-state index contributed by atoms with van der Waals surface area (Å²) in [7, 11) is 0. The largest absolute Gasteiger partial charge is 0.361 e. The molecule has 0 aliphatic heterocycles. The summed E-state index contributed by atoms with van der Waals surface area (Å²) in [6, 6.07) is 8.31. The number of benzene rings is 1. The minimum atomic E-state index is -0.161. The molecule has 0 aliphatic carbocycles. The molecule has 0 amide bonds. The Labute approximate surface area is 95.8 Å². The van der Waals surface area contributed by atoms with Crippen LogP contribution in [0.15, 0.2) is 30.5 Å². The first kappa shape index (κ1) is 11.2. The second-order valence-corrected chi connectivity index (χ2v) is 4.89. The van der Waals surface area contributed by atoms with Crippen molar-refractivity contribution >= 4 is 10.9 Å². The number of hydroxylamine groups is 1. The molecule has 2 aromatic rings. The average Bonchev–Trinajstić information content (AvgIpc) is 2.64. The first-order valence-electron chi connectivity index (χ1n) is 5.52. The lowest BCUT2D eigenvalue weighted by Gasteiger charge is -2.19. The summed E-state index contributed by atoms with van der Waals surface area (Å²) >= 11 is 0. The predicted octanol–water partition coefficient (Wildman–Crippen LogP) is 2.99. The highest BCUT2D eigenvalue weighted by atomic mass is 16.7. The van der Waals surface area contributed by atoms with Crippen molar-refractivity contribution in [1.29, 1.82) is 0 Å². The Hall–Kier alpha value is -1.32. The summed E-state index contributed by atoms with van der Waals surface area (Å²) < 4.78 is 0. The Bertz CT molecular complexity index is 468. The van der Waals surface area contributed by atoms with Gasteiger partial charge in [-0.25, -0.2) is 0 Å². The molecule has 3 heteroatoms. The van der Waals surface area contributed by atoms with Gasteiger partial charge in [-0.05, 0) is 38.5 Å². The van der Waals surface area contributed by atoms with Crippen molar-refractivity contribution in [3.05, 3.63) is 36.0 Å². The molecule has 1 aromatic carbocycles. The molecule has 1 aromatic heterocycles.